The van der Waals surface area contributed by atoms with Crippen molar-refractivity contribution in [2.45, 2.75) is 0 Å². The highest BCUT2D eigenvalue weighted by atomic mass is 19.1. The van der Waals surface area contributed by atoms with Crippen LogP contribution in [-0.4, -0.2) is 4.98 Å². The van der Waals surface area contributed by atoms with E-state index in [-0.39, 0.29) is 0 Å². The summed E-state index contributed by atoms with van der Waals surface area (Å²) >= 11 is 0. The van der Waals surface area contributed by atoms with Crippen molar-refractivity contribution in [2.75, 3.05) is 0 Å². The highest BCUT2D eigenvalue weighted by Gasteiger charge is 1.94. The second kappa shape index (κ2) is 3.47. The number of pyridine rings is 1. The van der Waals surface area contributed by atoms with Crippen molar-refractivity contribution < 1.29 is 4.39 Å². The Kier molecular flexibility index (Phi) is 2.34. The summed E-state index contributed by atoms with van der Waals surface area (Å²) in [5.74, 6) is -0.556. The average molecular weight is 148 g/mol. The molecule has 0 aliphatic carbocycles. The summed E-state index contributed by atoms with van der Waals surface area (Å²) in [7, 11) is 0. The van der Waals surface area contributed by atoms with Crippen molar-refractivity contribution in [1.29, 1.82) is 5.26 Å². The van der Waals surface area contributed by atoms with Crippen LogP contribution in [0.2, 0.25) is 0 Å². The summed E-state index contributed by atoms with van der Waals surface area (Å²) in [5.41, 5.74) is 0.328. The fourth-order valence-corrected chi connectivity index (χ4v) is 0.650. The zero-order valence-electron chi connectivity index (χ0n) is 5.66. The Labute approximate surface area is 63.6 Å². The molecule has 0 N–H and O–H groups in total. The summed E-state index contributed by atoms with van der Waals surface area (Å²) in [6.45, 7) is 0. The van der Waals surface area contributed by atoms with E-state index in [2.05, 4.69) is 4.98 Å². The predicted octanol–water partition coefficient (Wildman–Crippen LogP) is 1.76. The van der Waals surface area contributed by atoms with E-state index < -0.39 is 5.95 Å². The van der Waals surface area contributed by atoms with Gasteiger partial charge in [0.2, 0.25) is 5.95 Å². The van der Waals surface area contributed by atoms with Gasteiger partial charge in [-0.2, -0.15) is 9.65 Å². The second-order valence-electron chi connectivity index (χ2n) is 1.85. The summed E-state index contributed by atoms with van der Waals surface area (Å²) in [4.78, 5) is 3.40. The van der Waals surface area contributed by atoms with E-state index >= 15 is 0 Å². The average Bonchev–Trinajstić information content (AvgIpc) is 2.03. The van der Waals surface area contributed by atoms with E-state index in [1.165, 1.54) is 18.3 Å². The molecule has 0 aliphatic rings. The fourth-order valence-electron chi connectivity index (χ4n) is 0.650. The first-order chi connectivity index (χ1) is 5.34. The van der Waals surface area contributed by atoms with Gasteiger partial charge in [-0.25, -0.2) is 4.98 Å². The maximum atomic E-state index is 12.6. The Morgan fingerprint density at radius 2 is 2.45 bits per heavy atom. The minimum atomic E-state index is -0.556. The molecule has 2 nitrogen and oxygen atoms in total. The smallest absolute Gasteiger partial charge is 0.220 e. The van der Waals surface area contributed by atoms with Gasteiger partial charge in [0.1, 0.15) is 0 Å². The van der Waals surface area contributed by atoms with E-state index in [9.17, 15) is 4.39 Å². The van der Waals surface area contributed by atoms with Crippen molar-refractivity contribution in [3.63, 3.8) is 0 Å². The van der Waals surface area contributed by atoms with Crippen molar-refractivity contribution in [2.24, 2.45) is 0 Å². The van der Waals surface area contributed by atoms with Gasteiger partial charge in [0, 0.05) is 17.8 Å². The number of hydrogen-bond donors (Lipinski definition) is 0. The molecular weight excluding hydrogens is 143 g/mol. The van der Waals surface area contributed by atoms with Gasteiger partial charge >= 0.3 is 0 Å². The Morgan fingerprint density at radius 3 is 3.09 bits per heavy atom. The van der Waals surface area contributed by atoms with Gasteiger partial charge in [0.15, 0.2) is 0 Å². The van der Waals surface area contributed by atoms with Crippen LogP contribution in [0.5, 0.6) is 0 Å². The van der Waals surface area contributed by atoms with Crippen molar-refractivity contribution >= 4 is 6.08 Å². The molecule has 0 aromatic carbocycles. The van der Waals surface area contributed by atoms with Gasteiger partial charge in [0.25, 0.3) is 0 Å². The minimum Gasteiger partial charge on any atom is -0.228 e. The van der Waals surface area contributed by atoms with Crippen LogP contribution in [0.25, 0.3) is 6.08 Å². The topological polar surface area (TPSA) is 36.7 Å². The van der Waals surface area contributed by atoms with Crippen LogP contribution in [0.1, 0.15) is 5.56 Å². The quantitative estimate of drug-likeness (QED) is 0.449. The number of nitrogens with zero attached hydrogens (tertiary/aromatic N) is 2. The van der Waals surface area contributed by atoms with Gasteiger partial charge < -0.3 is 0 Å². The van der Waals surface area contributed by atoms with E-state index in [0.717, 1.165) is 0 Å². The number of aromatic nitrogens is 1. The molecule has 1 aromatic heterocycles. The first-order valence-corrected chi connectivity index (χ1v) is 3.01. The molecule has 0 atom stereocenters. The molecule has 0 amide bonds. The van der Waals surface area contributed by atoms with Crippen LogP contribution < -0.4 is 0 Å². The molecule has 0 unspecified atom stereocenters. The lowest BCUT2D eigenvalue weighted by Crippen LogP contribution is -1.84. The Bertz CT molecular complexity index is 312. The minimum absolute atomic E-state index is 0.328. The molecule has 0 radical (unpaired) electrons. The maximum absolute atomic E-state index is 12.6. The molecule has 0 fully saturated rings. The van der Waals surface area contributed by atoms with Crippen LogP contribution in [0.15, 0.2) is 24.4 Å². The zero-order chi connectivity index (χ0) is 8.10. The molecular formula is C8H5FN2. The lowest BCUT2D eigenvalue weighted by molar-refractivity contribution is 0.581. The van der Waals surface area contributed by atoms with Gasteiger partial charge in [-0.1, -0.05) is 0 Å². The first-order valence-electron chi connectivity index (χ1n) is 3.01. The lowest BCUT2D eigenvalue weighted by atomic mass is 10.2. The monoisotopic (exact) mass is 148 g/mol. The zero-order valence-corrected chi connectivity index (χ0v) is 5.66. The molecule has 1 rings (SSSR count). The van der Waals surface area contributed by atoms with Crippen LogP contribution in [-0.2, 0) is 0 Å². The number of nitriles is 1. The Hall–Kier alpha value is -1.69. The molecule has 0 saturated carbocycles. The molecule has 3 heteroatoms. The Balaban J connectivity index is 2.97. The van der Waals surface area contributed by atoms with Gasteiger partial charge in [-0.3, -0.25) is 0 Å². The fraction of sp³-hybridized carbons (Fsp3) is 0. The molecule has 0 aliphatic heterocycles. The first kappa shape index (κ1) is 7.42. The van der Waals surface area contributed by atoms with Crippen LogP contribution in [0.3, 0.4) is 0 Å². The lowest BCUT2D eigenvalue weighted by Gasteiger charge is -1.90. The molecule has 1 heterocycles. The third-order valence-electron chi connectivity index (χ3n) is 1.13. The predicted molar refractivity (Wildman–Crippen MR) is 38.8 cm³/mol. The van der Waals surface area contributed by atoms with Crippen LogP contribution in [0.4, 0.5) is 4.39 Å². The SMILES string of the molecule is N#CC=Cc1cccnc1F. The third kappa shape index (κ3) is 1.87. The Morgan fingerprint density at radius 1 is 1.64 bits per heavy atom. The highest BCUT2D eigenvalue weighted by molar-refractivity contribution is 5.50. The summed E-state index contributed by atoms with van der Waals surface area (Å²) in [5, 5.41) is 8.14. The normalized spacial score (nSPS) is 9.82. The maximum Gasteiger partial charge on any atom is 0.220 e. The van der Waals surface area contributed by atoms with Crippen LogP contribution >= 0.6 is 0 Å². The molecule has 54 valence electrons. The molecule has 0 bridgehead atoms. The summed E-state index contributed by atoms with van der Waals surface area (Å²) < 4.78 is 12.6. The van der Waals surface area contributed by atoms with Crippen LogP contribution in [0, 0.1) is 17.3 Å². The number of halogens is 1. The highest BCUT2D eigenvalue weighted by Crippen LogP contribution is 2.04. The molecule has 1 aromatic rings. The van der Waals surface area contributed by atoms with Gasteiger partial charge in [-0.15, -0.1) is 0 Å². The van der Waals surface area contributed by atoms with E-state index in [1.54, 1.807) is 18.2 Å². The van der Waals surface area contributed by atoms with E-state index in [4.69, 9.17) is 5.26 Å². The number of hydrogen-bond acceptors (Lipinski definition) is 2. The van der Waals surface area contributed by atoms with Gasteiger partial charge in [-0.05, 0) is 18.2 Å². The van der Waals surface area contributed by atoms with Crippen molar-refractivity contribution in [3.8, 4) is 6.07 Å². The second-order valence-corrected chi connectivity index (χ2v) is 1.85. The van der Waals surface area contributed by atoms with Crippen molar-refractivity contribution in [1.82, 2.24) is 4.98 Å². The largest absolute Gasteiger partial charge is 0.228 e. The molecule has 11 heavy (non-hydrogen) atoms. The van der Waals surface area contributed by atoms with E-state index in [1.807, 2.05) is 0 Å². The standard InChI is InChI=1S/C8H5FN2/c9-8-7(3-1-5-10)4-2-6-11-8/h1-4,6H. The van der Waals surface area contributed by atoms with Gasteiger partial charge in [0.05, 0.1) is 6.07 Å². The van der Waals surface area contributed by atoms with E-state index in [0.29, 0.717) is 5.56 Å². The molecule has 0 spiro atoms. The number of allylic oxidation sites excluding steroid dienone is 1. The summed E-state index contributed by atoms with van der Waals surface area (Å²) in [6.07, 6.45) is 3.95. The number of rotatable bonds is 1. The summed E-state index contributed by atoms with van der Waals surface area (Å²) in [6, 6.07) is 4.93. The molecule has 0 saturated heterocycles. The van der Waals surface area contributed by atoms with Crippen molar-refractivity contribution in [3.05, 3.63) is 35.9 Å². The third-order valence-corrected chi connectivity index (χ3v) is 1.13.